The lowest BCUT2D eigenvalue weighted by atomic mass is 10.2. The van der Waals surface area contributed by atoms with Crippen LogP contribution in [0.15, 0.2) is 22.7 Å². The van der Waals surface area contributed by atoms with Crippen LogP contribution >= 0.6 is 28.1 Å². The number of aryl methyl sites for hydroxylation is 1. The summed E-state index contributed by atoms with van der Waals surface area (Å²) in [6.07, 6.45) is 3.86. The van der Waals surface area contributed by atoms with Gasteiger partial charge in [0.2, 0.25) is 0 Å². The Morgan fingerprint density at radius 3 is 2.79 bits per heavy atom. The summed E-state index contributed by atoms with van der Waals surface area (Å²) < 4.78 is 1.13. The molecule has 0 aliphatic heterocycles. The molecule has 1 aromatic carbocycles. The van der Waals surface area contributed by atoms with E-state index >= 15 is 0 Å². The van der Waals surface area contributed by atoms with E-state index in [0.29, 0.717) is 0 Å². The summed E-state index contributed by atoms with van der Waals surface area (Å²) in [7, 11) is 0. The van der Waals surface area contributed by atoms with Gasteiger partial charge in [-0.15, -0.1) is 0 Å². The Bertz CT molecular complexity index is 457. The molecule has 1 N–H and O–H groups in total. The van der Waals surface area contributed by atoms with Gasteiger partial charge in [0.1, 0.15) is 0 Å². The summed E-state index contributed by atoms with van der Waals surface area (Å²) in [6, 6.07) is 6.24. The molecule has 0 amide bonds. The second kappa shape index (κ2) is 6.71. The summed E-state index contributed by atoms with van der Waals surface area (Å²) in [6.45, 7) is 6.44. The third kappa shape index (κ3) is 4.46. The molecule has 0 unspecified atom stereocenters. The maximum absolute atomic E-state index is 5.55. The van der Waals surface area contributed by atoms with Crippen LogP contribution in [0.4, 0.5) is 5.69 Å². The number of thiocarbonyl (C=S) groups is 1. The maximum Gasteiger partial charge on any atom is 0.173 e. The number of hydrogen-bond donors (Lipinski definition) is 1. The highest BCUT2D eigenvalue weighted by molar-refractivity contribution is 9.10. The molecular weight excluding hydrogens is 320 g/mol. The fraction of sp³-hybridized carbons (Fsp3) is 0.533. The lowest BCUT2D eigenvalue weighted by Gasteiger charge is -2.25. The van der Waals surface area contributed by atoms with Crippen molar-refractivity contribution in [2.24, 2.45) is 5.92 Å². The zero-order valence-corrected chi connectivity index (χ0v) is 14.0. The first-order valence-electron chi connectivity index (χ1n) is 6.92. The van der Waals surface area contributed by atoms with Crippen molar-refractivity contribution in [3.8, 4) is 0 Å². The maximum atomic E-state index is 5.55. The minimum absolute atomic E-state index is 0.857. The molecule has 0 heterocycles. The molecule has 1 saturated carbocycles. The quantitative estimate of drug-likeness (QED) is 0.790. The number of benzene rings is 1. The topological polar surface area (TPSA) is 15.3 Å². The van der Waals surface area contributed by atoms with Crippen LogP contribution in [0.5, 0.6) is 0 Å². The van der Waals surface area contributed by atoms with Crippen LogP contribution < -0.4 is 5.32 Å². The molecule has 0 radical (unpaired) electrons. The van der Waals surface area contributed by atoms with E-state index in [1.54, 1.807) is 0 Å². The van der Waals surface area contributed by atoms with Crippen molar-refractivity contribution < 1.29 is 0 Å². The van der Waals surface area contributed by atoms with Crippen LogP contribution in [0, 0.1) is 12.8 Å². The van der Waals surface area contributed by atoms with Crippen molar-refractivity contribution in [3.05, 3.63) is 28.2 Å². The fourth-order valence-electron chi connectivity index (χ4n) is 2.08. The lowest BCUT2D eigenvalue weighted by molar-refractivity contribution is 0.404. The summed E-state index contributed by atoms with van der Waals surface area (Å²) >= 11 is 9.07. The largest absolute Gasteiger partial charge is 0.349 e. The Labute approximate surface area is 129 Å². The molecule has 2 nitrogen and oxygen atoms in total. The number of nitrogens with one attached hydrogen (secondary N) is 1. The SMILES string of the molecule is CCCN(CC1CC1)C(=S)Nc1ccc(Br)c(C)c1. The first-order valence-corrected chi connectivity index (χ1v) is 8.12. The monoisotopic (exact) mass is 340 g/mol. The predicted octanol–water partition coefficient (Wildman–Crippen LogP) is 4.58. The Morgan fingerprint density at radius 2 is 2.21 bits per heavy atom. The smallest absolute Gasteiger partial charge is 0.173 e. The molecule has 0 atom stereocenters. The highest BCUT2D eigenvalue weighted by Gasteiger charge is 2.25. The van der Waals surface area contributed by atoms with Crippen LogP contribution in [-0.4, -0.2) is 23.1 Å². The van der Waals surface area contributed by atoms with Gasteiger partial charge in [0, 0.05) is 23.2 Å². The van der Waals surface area contributed by atoms with Crippen molar-refractivity contribution in [1.82, 2.24) is 4.90 Å². The minimum Gasteiger partial charge on any atom is -0.349 e. The lowest BCUT2D eigenvalue weighted by Crippen LogP contribution is -2.36. The van der Waals surface area contributed by atoms with E-state index in [-0.39, 0.29) is 0 Å². The number of halogens is 1. The van der Waals surface area contributed by atoms with Crippen LogP contribution in [0.3, 0.4) is 0 Å². The third-order valence-electron chi connectivity index (χ3n) is 3.37. The molecule has 104 valence electrons. The van der Waals surface area contributed by atoms with E-state index < -0.39 is 0 Å². The summed E-state index contributed by atoms with van der Waals surface area (Å²) in [5.41, 5.74) is 2.29. The van der Waals surface area contributed by atoms with Crippen molar-refractivity contribution >= 4 is 38.9 Å². The molecule has 1 aliphatic rings. The second-order valence-corrected chi connectivity index (χ2v) is 6.52. The molecule has 0 spiro atoms. The molecular formula is C15H21BrN2S. The summed E-state index contributed by atoms with van der Waals surface area (Å²) in [4.78, 5) is 2.31. The average molecular weight is 341 g/mol. The van der Waals surface area contributed by atoms with E-state index in [9.17, 15) is 0 Å². The third-order valence-corrected chi connectivity index (χ3v) is 4.62. The molecule has 19 heavy (non-hydrogen) atoms. The molecule has 0 saturated heterocycles. The number of anilines is 1. The highest BCUT2D eigenvalue weighted by atomic mass is 79.9. The van der Waals surface area contributed by atoms with Crippen molar-refractivity contribution in [2.45, 2.75) is 33.1 Å². The van der Waals surface area contributed by atoms with E-state index in [1.807, 2.05) is 0 Å². The van der Waals surface area contributed by atoms with Gasteiger partial charge in [-0.2, -0.15) is 0 Å². The molecule has 4 heteroatoms. The number of rotatable bonds is 5. The van der Waals surface area contributed by atoms with Crippen molar-refractivity contribution in [1.29, 1.82) is 0 Å². The van der Waals surface area contributed by atoms with Gasteiger partial charge in [0.15, 0.2) is 5.11 Å². The van der Waals surface area contributed by atoms with E-state index in [4.69, 9.17) is 12.2 Å². The normalized spacial score (nSPS) is 14.3. The van der Waals surface area contributed by atoms with Gasteiger partial charge in [-0.25, -0.2) is 0 Å². The van der Waals surface area contributed by atoms with E-state index in [2.05, 4.69) is 58.2 Å². The summed E-state index contributed by atoms with van der Waals surface area (Å²) in [5.74, 6) is 0.859. The van der Waals surface area contributed by atoms with Gasteiger partial charge in [-0.05, 0) is 68.1 Å². The standard InChI is InChI=1S/C15H21BrN2S/c1-3-8-18(10-12-4-5-12)15(19)17-13-6-7-14(16)11(2)9-13/h6-7,9,12H,3-5,8,10H2,1-2H3,(H,17,19). The van der Waals surface area contributed by atoms with Crippen molar-refractivity contribution in [3.63, 3.8) is 0 Å². The van der Waals surface area contributed by atoms with Gasteiger partial charge in [0.25, 0.3) is 0 Å². The van der Waals surface area contributed by atoms with Crippen LogP contribution in [0.1, 0.15) is 31.7 Å². The van der Waals surface area contributed by atoms with Crippen LogP contribution in [0.2, 0.25) is 0 Å². The molecule has 1 aliphatic carbocycles. The summed E-state index contributed by atoms with van der Waals surface area (Å²) in [5, 5.41) is 4.22. The minimum atomic E-state index is 0.857. The Balaban J connectivity index is 1.98. The molecule has 1 aromatic rings. The zero-order chi connectivity index (χ0) is 13.8. The van der Waals surface area contributed by atoms with Gasteiger partial charge in [0.05, 0.1) is 0 Å². The Hall–Kier alpha value is -0.610. The molecule has 0 bridgehead atoms. The number of hydrogen-bond acceptors (Lipinski definition) is 1. The van der Waals surface area contributed by atoms with Gasteiger partial charge >= 0.3 is 0 Å². The molecule has 0 aromatic heterocycles. The van der Waals surface area contributed by atoms with Gasteiger partial charge in [-0.3, -0.25) is 0 Å². The van der Waals surface area contributed by atoms with Crippen molar-refractivity contribution in [2.75, 3.05) is 18.4 Å². The van der Waals surface area contributed by atoms with E-state index in [0.717, 1.165) is 40.7 Å². The van der Waals surface area contributed by atoms with Crippen LogP contribution in [0.25, 0.3) is 0 Å². The molecule has 1 fully saturated rings. The predicted molar refractivity (Wildman–Crippen MR) is 89.7 cm³/mol. The zero-order valence-electron chi connectivity index (χ0n) is 11.6. The highest BCUT2D eigenvalue weighted by Crippen LogP contribution is 2.30. The van der Waals surface area contributed by atoms with Gasteiger partial charge < -0.3 is 10.2 Å². The molecule has 2 rings (SSSR count). The Kier molecular flexibility index (Phi) is 5.22. The second-order valence-electron chi connectivity index (χ2n) is 5.28. The number of nitrogens with zero attached hydrogens (tertiary/aromatic N) is 1. The fourth-order valence-corrected chi connectivity index (χ4v) is 2.61. The first-order chi connectivity index (χ1) is 9.10. The Morgan fingerprint density at radius 1 is 1.47 bits per heavy atom. The van der Waals surface area contributed by atoms with E-state index in [1.165, 1.54) is 18.4 Å². The average Bonchev–Trinajstić information content (AvgIpc) is 3.17. The first kappa shape index (κ1) is 14.8. The van der Waals surface area contributed by atoms with Crippen LogP contribution in [-0.2, 0) is 0 Å². The van der Waals surface area contributed by atoms with Gasteiger partial charge in [-0.1, -0.05) is 22.9 Å².